The second-order valence-electron chi connectivity index (χ2n) is 8.09. The predicted octanol–water partition coefficient (Wildman–Crippen LogP) is 4.12. The van der Waals surface area contributed by atoms with Crippen molar-refractivity contribution in [3.05, 3.63) is 76.9 Å². The summed E-state index contributed by atoms with van der Waals surface area (Å²) in [6.07, 6.45) is 0.641. The van der Waals surface area contributed by atoms with Gasteiger partial charge in [-0.15, -0.1) is 0 Å². The van der Waals surface area contributed by atoms with Gasteiger partial charge in [-0.1, -0.05) is 29.4 Å². The first-order valence-corrected chi connectivity index (χ1v) is 10.7. The number of nitrogens with one attached hydrogen (secondary N) is 1. The van der Waals surface area contributed by atoms with E-state index < -0.39 is 6.04 Å². The Morgan fingerprint density at radius 3 is 2.50 bits per heavy atom. The molecule has 0 spiro atoms. The first kappa shape index (κ1) is 21.5. The van der Waals surface area contributed by atoms with Crippen LogP contribution in [0.2, 0.25) is 0 Å². The van der Waals surface area contributed by atoms with Gasteiger partial charge in [-0.2, -0.15) is 4.98 Å². The van der Waals surface area contributed by atoms with Crippen LogP contribution >= 0.6 is 0 Å². The number of nitrogens with zero attached hydrogens (tertiary/aromatic N) is 4. The van der Waals surface area contributed by atoms with E-state index in [1.807, 2.05) is 50.2 Å². The van der Waals surface area contributed by atoms with E-state index in [1.54, 1.807) is 28.9 Å². The number of amides is 3. The topological polar surface area (TPSA) is 91.6 Å². The van der Waals surface area contributed by atoms with Crippen LogP contribution < -0.4 is 5.32 Å². The van der Waals surface area contributed by atoms with Crippen LogP contribution in [0.15, 0.2) is 53.1 Å². The van der Waals surface area contributed by atoms with Crippen molar-refractivity contribution in [1.29, 1.82) is 0 Å². The summed E-state index contributed by atoms with van der Waals surface area (Å²) in [5.41, 5.74) is 3.60. The van der Waals surface area contributed by atoms with Crippen LogP contribution in [0.5, 0.6) is 0 Å². The Morgan fingerprint density at radius 2 is 1.81 bits per heavy atom. The van der Waals surface area contributed by atoms with Gasteiger partial charge in [-0.05, 0) is 62.6 Å². The Morgan fingerprint density at radius 1 is 1.03 bits per heavy atom. The van der Waals surface area contributed by atoms with E-state index in [9.17, 15) is 9.59 Å². The molecule has 1 fully saturated rings. The Hall–Kier alpha value is -3.68. The fourth-order valence-electron chi connectivity index (χ4n) is 3.84. The van der Waals surface area contributed by atoms with Gasteiger partial charge in [0.25, 0.3) is 11.8 Å². The van der Waals surface area contributed by atoms with E-state index >= 15 is 0 Å². The lowest BCUT2D eigenvalue weighted by molar-refractivity contribution is 0.0641. The summed E-state index contributed by atoms with van der Waals surface area (Å²) in [6.45, 7) is 7.03. The zero-order chi connectivity index (χ0) is 22.7. The Balaban J connectivity index is 1.58. The molecule has 166 valence electrons. The lowest BCUT2D eigenvalue weighted by Crippen LogP contribution is -2.41. The average Bonchev–Trinajstić information content (AvgIpc) is 3.10. The minimum absolute atomic E-state index is 0.122. The molecule has 1 unspecified atom stereocenters. The molecule has 3 aromatic rings. The number of anilines is 1. The first-order valence-electron chi connectivity index (χ1n) is 10.7. The molecule has 3 amide bonds. The molecule has 2 heterocycles. The molecular formula is C24H27N5O3. The first-order chi connectivity index (χ1) is 15.4. The second kappa shape index (κ2) is 9.21. The zero-order valence-corrected chi connectivity index (χ0v) is 18.5. The molecule has 1 saturated heterocycles. The molecule has 8 heteroatoms. The molecule has 1 aliphatic rings. The third kappa shape index (κ3) is 4.64. The number of carbonyl (C=O) groups is 2. The van der Waals surface area contributed by atoms with E-state index in [1.165, 1.54) is 5.56 Å². The van der Waals surface area contributed by atoms with E-state index in [0.717, 1.165) is 11.3 Å². The standard InChI is InChI=1S/C24H27N5O3/c1-16-10-11-20(14-17(16)2)26-24(31)28-12-7-13-29(23(30)19-8-5-4-6-9-19)21(15-28)22-25-18(3)27-32-22/h4-6,8-11,14,21H,7,12-13,15H2,1-3H3,(H,26,31). The van der Waals surface area contributed by atoms with E-state index in [0.29, 0.717) is 36.8 Å². The van der Waals surface area contributed by atoms with Crippen molar-refractivity contribution in [2.75, 3.05) is 25.0 Å². The van der Waals surface area contributed by atoms with Gasteiger partial charge in [0.2, 0.25) is 0 Å². The summed E-state index contributed by atoms with van der Waals surface area (Å²) in [5.74, 6) is 0.697. The summed E-state index contributed by atoms with van der Waals surface area (Å²) >= 11 is 0. The van der Waals surface area contributed by atoms with Gasteiger partial charge >= 0.3 is 6.03 Å². The molecular weight excluding hydrogens is 406 g/mol. The van der Waals surface area contributed by atoms with Crippen molar-refractivity contribution in [1.82, 2.24) is 19.9 Å². The predicted molar refractivity (Wildman–Crippen MR) is 120 cm³/mol. The fourth-order valence-corrected chi connectivity index (χ4v) is 3.84. The highest BCUT2D eigenvalue weighted by Crippen LogP contribution is 2.26. The van der Waals surface area contributed by atoms with Crippen LogP contribution in [0.1, 0.15) is 45.7 Å². The highest BCUT2D eigenvalue weighted by Gasteiger charge is 2.35. The van der Waals surface area contributed by atoms with Crippen LogP contribution in [-0.2, 0) is 0 Å². The minimum Gasteiger partial charge on any atom is -0.337 e. The smallest absolute Gasteiger partial charge is 0.321 e. The number of rotatable bonds is 3. The molecule has 2 aromatic carbocycles. The van der Waals surface area contributed by atoms with Crippen LogP contribution in [0.25, 0.3) is 0 Å². The van der Waals surface area contributed by atoms with Crippen LogP contribution in [0, 0.1) is 20.8 Å². The molecule has 32 heavy (non-hydrogen) atoms. The van der Waals surface area contributed by atoms with Crippen molar-refractivity contribution >= 4 is 17.6 Å². The minimum atomic E-state index is -0.531. The van der Waals surface area contributed by atoms with Crippen LogP contribution in [0.4, 0.5) is 10.5 Å². The zero-order valence-electron chi connectivity index (χ0n) is 18.5. The normalized spacial score (nSPS) is 16.5. The van der Waals surface area contributed by atoms with Gasteiger partial charge in [0.1, 0.15) is 6.04 Å². The molecule has 1 aromatic heterocycles. The van der Waals surface area contributed by atoms with Gasteiger partial charge in [0.05, 0.1) is 6.54 Å². The van der Waals surface area contributed by atoms with Crippen LogP contribution in [-0.4, -0.2) is 51.5 Å². The number of carbonyl (C=O) groups excluding carboxylic acids is 2. The lowest BCUT2D eigenvalue weighted by Gasteiger charge is -2.29. The fraction of sp³-hybridized carbons (Fsp3) is 0.333. The molecule has 0 bridgehead atoms. The van der Waals surface area contributed by atoms with Gasteiger partial charge in [-0.25, -0.2) is 4.79 Å². The number of hydrogen-bond donors (Lipinski definition) is 1. The van der Waals surface area contributed by atoms with Gasteiger partial charge in [0.15, 0.2) is 5.82 Å². The van der Waals surface area contributed by atoms with Crippen molar-refractivity contribution in [3.63, 3.8) is 0 Å². The van der Waals surface area contributed by atoms with E-state index in [2.05, 4.69) is 15.5 Å². The molecule has 1 aliphatic heterocycles. The number of urea groups is 1. The highest BCUT2D eigenvalue weighted by molar-refractivity contribution is 5.94. The second-order valence-corrected chi connectivity index (χ2v) is 8.09. The third-order valence-electron chi connectivity index (χ3n) is 5.75. The van der Waals surface area contributed by atoms with E-state index in [-0.39, 0.29) is 18.5 Å². The summed E-state index contributed by atoms with van der Waals surface area (Å²) < 4.78 is 5.44. The number of aryl methyl sites for hydroxylation is 3. The molecule has 8 nitrogen and oxygen atoms in total. The molecule has 0 radical (unpaired) electrons. The third-order valence-corrected chi connectivity index (χ3v) is 5.75. The monoisotopic (exact) mass is 433 g/mol. The van der Waals surface area contributed by atoms with Gasteiger partial charge in [-0.3, -0.25) is 4.79 Å². The molecule has 1 N–H and O–H groups in total. The van der Waals surface area contributed by atoms with Crippen molar-refractivity contribution in [3.8, 4) is 0 Å². The van der Waals surface area contributed by atoms with Gasteiger partial charge < -0.3 is 19.6 Å². The van der Waals surface area contributed by atoms with E-state index in [4.69, 9.17) is 4.52 Å². The summed E-state index contributed by atoms with van der Waals surface area (Å²) in [6, 6.07) is 14.2. The number of aromatic nitrogens is 2. The Bertz CT molecular complexity index is 1110. The summed E-state index contributed by atoms with van der Waals surface area (Å²) in [7, 11) is 0. The molecule has 0 saturated carbocycles. The average molecular weight is 434 g/mol. The number of benzene rings is 2. The lowest BCUT2D eigenvalue weighted by atomic mass is 10.1. The number of hydrogen-bond acceptors (Lipinski definition) is 5. The Labute approximate surface area is 187 Å². The molecule has 0 aliphatic carbocycles. The maximum absolute atomic E-state index is 13.3. The summed E-state index contributed by atoms with van der Waals surface area (Å²) in [5, 5.41) is 6.88. The van der Waals surface area contributed by atoms with Gasteiger partial charge in [0, 0.05) is 24.3 Å². The molecule has 1 atom stereocenters. The van der Waals surface area contributed by atoms with Crippen molar-refractivity contribution < 1.29 is 14.1 Å². The largest absolute Gasteiger partial charge is 0.337 e. The maximum atomic E-state index is 13.3. The highest BCUT2D eigenvalue weighted by atomic mass is 16.5. The molecule has 4 rings (SSSR count). The maximum Gasteiger partial charge on any atom is 0.321 e. The van der Waals surface area contributed by atoms with Crippen LogP contribution in [0.3, 0.4) is 0 Å². The SMILES string of the molecule is Cc1noc(C2CN(C(=O)Nc3ccc(C)c(C)c3)CCCN2C(=O)c2ccccc2)n1. The summed E-state index contributed by atoms with van der Waals surface area (Å²) in [4.78, 5) is 34.2. The quantitative estimate of drug-likeness (QED) is 0.671. The van der Waals surface area contributed by atoms with Crippen molar-refractivity contribution in [2.45, 2.75) is 33.2 Å². The Kier molecular flexibility index (Phi) is 6.20. The van der Waals surface area contributed by atoms with Crippen molar-refractivity contribution in [2.24, 2.45) is 0 Å².